The standard InChI is InChI=1S/C18H15BrFN3O2/c19-13-3-7-15(8-4-13)21-18(25)16-9-10-17(24)23(22-16)11-12-1-5-14(20)6-2-12/h1-8H,9-11H2,(H,21,25). The highest BCUT2D eigenvalue weighted by Crippen LogP contribution is 2.17. The molecule has 0 aliphatic carbocycles. The van der Waals surface area contributed by atoms with Gasteiger partial charge in [-0.15, -0.1) is 0 Å². The van der Waals surface area contributed by atoms with Crippen LogP contribution in [0.5, 0.6) is 0 Å². The molecular formula is C18H15BrFN3O2. The minimum atomic E-state index is -0.341. The maximum absolute atomic E-state index is 13.0. The molecule has 0 radical (unpaired) electrons. The third kappa shape index (κ3) is 4.51. The second kappa shape index (κ2) is 7.57. The van der Waals surface area contributed by atoms with Gasteiger partial charge in [-0.05, 0) is 42.0 Å². The van der Waals surface area contributed by atoms with Crippen LogP contribution in [0.2, 0.25) is 0 Å². The lowest BCUT2D eigenvalue weighted by molar-refractivity contribution is -0.132. The van der Waals surface area contributed by atoms with Crippen molar-refractivity contribution >= 4 is 39.1 Å². The second-order valence-corrected chi connectivity index (χ2v) is 6.50. The zero-order valence-corrected chi connectivity index (χ0v) is 14.8. The number of nitrogens with one attached hydrogen (secondary N) is 1. The maximum atomic E-state index is 13.0. The van der Waals surface area contributed by atoms with Crippen LogP contribution in [-0.4, -0.2) is 22.5 Å². The van der Waals surface area contributed by atoms with E-state index in [0.29, 0.717) is 17.8 Å². The Balaban J connectivity index is 1.72. The van der Waals surface area contributed by atoms with Crippen molar-refractivity contribution in [1.29, 1.82) is 0 Å². The number of hydrogen-bond donors (Lipinski definition) is 1. The molecule has 25 heavy (non-hydrogen) atoms. The van der Waals surface area contributed by atoms with Gasteiger partial charge in [0.2, 0.25) is 5.91 Å². The van der Waals surface area contributed by atoms with Gasteiger partial charge in [-0.1, -0.05) is 28.1 Å². The molecule has 0 saturated carbocycles. The summed E-state index contributed by atoms with van der Waals surface area (Å²) in [6, 6.07) is 13.0. The zero-order chi connectivity index (χ0) is 17.8. The summed E-state index contributed by atoms with van der Waals surface area (Å²) in [7, 11) is 0. The fourth-order valence-corrected chi connectivity index (χ4v) is 2.65. The van der Waals surface area contributed by atoms with E-state index in [1.165, 1.54) is 17.1 Å². The van der Waals surface area contributed by atoms with Crippen LogP contribution in [0, 0.1) is 5.82 Å². The van der Waals surface area contributed by atoms with Crippen molar-refractivity contribution in [1.82, 2.24) is 5.01 Å². The topological polar surface area (TPSA) is 61.8 Å². The first kappa shape index (κ1) is 17.3. The zero-order valence-electron chi connectivity index (χ0n) is 13.2. The molecule has 128 valence electrons. The summed E-state index contributed by atoms with van der Waals surface area (Å²) in [6.07, 6.45) is 0.509. The van der Waals surface area contributed by atoms with E-state index in [0.717, 1.165) is 10.0 Å². The average molecular weight is 404 g/mol. The van der Waals surface area contributed by atoms with Gasteiger partial charge in [0.25, 0.3) is 5.91 Å². The molecule has 2 aromatic carbocycles. The van der Waals surface area contributed by atoms with Crippen molar-refractivity contribution < 1.29 is 14.0 Å². The lowest BCUT2D eigenvalue weighted by Gasteiger charge is -2.23. The van der Waals surface area contributed by atoms with Crippen LogP contribution in [0.15, 0.2) is 58.1 Å². The van der Waals surface area contributed by atoms with Crippen molar-refractivity contribution in [3.63, 3.8) is 0 Å². The molecule has 0 aromatic heterocycles. The highest BCUT2D eigenvalue weighted by Gasteiger charge is 2.24. The summed E-state index contributed by atoms with van der Waals surface area (Å²) in [4.78, 5) is 24.4. The Bertz CT molecular complexity index is 819. The normalized spacial score (nSPS) is 14.2. The van der Waals surface area contributed by atoms with Gasteiger partial charge in [0, 0.05) is 23.0 Å². The lowest BCUT2D eigenvalue weighted by atomic mass is 10.1. The summed E-state index contributed by atoms with van der Waals surface area (Å²) in [6.45, 7) is 0.203. The average Bonchev–Trinajstić information content (AvgIpc) is 2.60. The molecule has 2 aromatic rings. The van der Waals surface area contributed by atoms with Crippen LogP contribution < -0.4 is 5.32 Å². The summed E-state index contributed by atoms with van der Waals surface area (Å²) >= 11 is 3.33. The van der Waals surface area contributed by atoms with Crippen LogP contribution in [0.1, 0.15) is 18.4 Å². The number of halogens is 2. The quantitative estimate of drug-likeness (QED) is 0.845. The number of nitrogens with zero attached hydrogens (tertiary/aromatic N) is 2. The van der Waals surface area contributed by atoms with Crippen molar-refractivity contribution in [2.45, 2.75) is 19.4 Å². The summed E-state index contributed by atoms with van der Waals surface area (Å²) < 4.78 is 13.9. The summed E-state index contributed by atoms with van der Waals surface area (Å²) in [5, 5.41) is 8.20. The number of hydrogen-bond acceptors (Lipinski definition) is 3. The predicted molar refractivity (Wildman–Crippen MR) is 96.4 cm³/mol. The number of carbonyl (C=O) groups is 2. The van der Waals surface area contributed by atoms with Crippen molar-refractivity contribution in [2.75, 3.05) is 5.32 Å². The van der Waals surface area contributed by atoms with Gasteiger partial charge < -0.3 is 5.32 Å². The molecule has 2 amide bonds. The van der Waals surface area contributed by atoms with E-state index >= 15 is 0 Å². The number of amides is 2. The van der Waals surface area contributed by atoms with Gasteiger partial charge in [0.1, 0.15) is 11.5 Å². The predicted octanol–water partition coefficient (Wildman–Crippen LogP) is 3.71. The second-order valence-electron chi connectivity index (χ2n) is 5.59. The third-order valence-corrected chi connectivity index (χ3v) is 4.24. The minimum Gasteiger partial charge on any atom is -0.321 e. The molecule has 1 heterocycles. The molecule has 0 bridgehead atoms. The molecule has 0 spiro atoms. The maximum Gasteiger partial charge on any atom is 0.271 e. The number of anilines is 1. The molecule has 5 nitrogen and oxygen atoms in total. The number of rotatable bonds is 4. The van der Waals surface area contributed by atoms with Gasteiger partial charge in [0.15, 0.2) is 0 Å². The third-order valence-electron chi connectivity index (χ3n) is 3.71. The Morgan fingerprint density at radius 3 is 2.48 bits per heavy atom. The first-order valence-corrected chi connectivity index (χ1v) is 8.50. The molecule has 1 aliphatic rings. The fraction of sp³-hybridized carbons (Fsp3) is 0.167. The Morgan fingerprint density at radius 2 is 1.80 bits per heavy atom. The van der Waals surface area contributed by atoms with Crippen molar-refractivity contribution in [3.8, 4) is 0 Å². The largest absolute Gasteiger partial charge is 0.321 e. The molecule has 3 rings (SSSR count). The molecule has 0 atom stereocenters. The first-order chi connectivity index (χ1) is 12.0. The van der Waals surface area contributed by atoms with Crippen LogP contribution in [0.4, 0.5) is 10.1 Å². The van der Waals surface area contributed by atoms with Crippen LogP contribution >= 0.6 is 15.9 Å². The Labute approximate surface area is 152 Å². The summed E-state index contributed by atoms with van der Waals surface area (Å²) in [5.41, 5.74) is 1.69. The van der Waals surface area contributed by atoms with Gasteiger partial charge in [0.05, 0.1) is 6.54 Å². The van der Waals surface area contributed by atoms with E-state index in [4.69, 9.17) is 0 Å². The van der Waals surface area contributed by atoms with E-state index in [1.54, 1.807) is 24.3 Å². The van der Waals surface area contributed by atoms with E-state index in [2.05, 4.69) is 26.3 Å². The highest BCUT2D eigenvalue weighted by molar-refractivity contribution is 9.10. The molecule has 0 fully saturated rings. The Hall–Kier alpha value is -2.54. The van der Waals surface area contributed by atoms with Crippen LogP contribution in [0.3, 0.4) is 0 Å². The molecule has 7 heteroatoms. The van der Waals surface area contributed by atoms with E-state index in [9.17, 15) is 14.0 Å². The molecule has 1 aliphatic heterocycles. The van der Waals surface area contributed by atoms with Crippen molar-refractivity contribution in [2.24, 2.45) is 5.10 Å². The number of carbonyl (C=O) groups excluding carboxylic acids is 2. The van der Waals surface area contributed by atoms with Gasteiger partial charge in [-0.25, -0.2) is 9.40 Å². The molecular weight excluding hydrogens is 389 g/mol. The fourth-order valence-electron chi connectivity index (χ4n) is 2.39. The van der Waals surface area contributed by atoms with Crippen LogP contribution in [0.25, 0.3) is 0 Å². The first-order valence-electron chi connectivity index (χ1n) is 7.70. The molecule has 0 saturated heterocycles. The lowest BCUT2D eigenvalue weighted by Crippen LogP contribution is -2.36. The van der Waals surface area contributed by atoms with E-state index in [-0.39, 0.29) is 30.6 Å². The number of benzene rings is 2. The van der Waals surface area contributed by atoms with Gasteiger partial charge in [-0.2, -0.15) is 5.10 Å². The van der Waals surface area contributed by atoms with E-state index < -0.39 is 0 Å². The SMILES string of the molecule is O=C(Nc1ccc(Br)cc1)C1=NN(Cc2ccc(F)cc2)C(=O)CC1. The number of hydrazone groups is 1. The molecule has 0 unspecified atom stereocenters. The van der Waals surface area contributed by atoms with Gasteiger partial charge >= 0.3 is 0 Å². The minimum absolute atomic E-state index is 0.162. The smallest absolute Gasteiger partial charge is 0.271 e. The molecule has 1 N–H and O–H groups in total. The highest BCUT2D eigenvalue weighted by atomic mass is 79.9. The summed E-state index contributed by atoms with van der Waals surface area (Å²) in [5.74, 6) is -0.838. The Morgan fingerprint density at radius 1 is 1.12 bits per heavy atom. The van der Waals surface area contributed by atoms with Crippen molar-refractivity contribution in [3.05, 3.63) is 64.4 Å². The van der Waals surface area contributed by atoms with Gasteiger partial charge in [-0.3, -0.25) is 9.59 Å². The monoisotopic (exact) mass is 403 g/mol. The van der Waals surface area contributed by atoms with Crippen LogP contribution in [-0.2, 0) is 16.1 Å². The Kier molecular flexibility index (Phi) is 5.23. The van der Waals surface area contributed by atoms with E-state index in [1.807, 2.05) is 12.1 Å².